The number of carbonyl (C=O) groups excluding carboxylic acids is 1. The lowest BCUT2D eigenvalue weighted by Crippen LogP contribution is -2.40. The fourth-order valence-electron chi connectivity index (χ4n) is 3.23. The highest BCUT2D eigenvalue weighted by Crippen LogP contribution is 2.29. The minimum atomic E-state index is -4.40. The van der Waals surface area contributed by atoms with E-state index in [1.54, 1.807) is 6.20 Å². The molecule has 0 bridgehead atoms. The highest BCUT2D eigenvalue weighted by molar-refractivity contribution is 5.78. The van der Waals surface area contributed by atoms with Gasteiger partial charge in [0.1, 0.15) is 6.10 Å². The number of halogens is 3. The molecule has 27 heavy (non-hydrogen) atoms. The van der Waals surface area contributed by atoms with Gasteiger partial charge in [0.25, 0.3) is 0 Å². The molecular formula is C20H21F3N2O2. The summed E-state index contributed by atoms with van der Waals surface area (Å²) in [6.45, 7) is 0. The van der Waals surface area contributed by atoms with Crippen molar-refractivity contribution in [2.45, 2.75) is 50.4 Å². The van der Waals surface area contributed by atoms with Crippen molar-refractivity contribution in [3.63, 3.8) is 0 Å². The first-order chi connectivity index (χ1) is 12.9. The number of nitrogens with one attached hydrogen (secondary N) is 1. The first kappa shape index (κ1) is 19.2. The molecular weight excluding hydrogens is 357 g/mol. The highest BCUT2D eigenvalue weighted by atomic mass is 19.4. The van der Waals surface area contributed by atoms with Gasteiger partial charge < -0.3 is 10.1 Å². The van der Waals surface area contributed by atoms with Crippen molar-refractivity contribution in [2.75, 3.05) is 0 Å². The summed E-state index contributed by atoms with van der Waals surface area (Å²) < 4.78 is 44.1. The van der Waals surface area contributed by atoms with E-state index < -0.39 is 11.7 Å². The zero-order chi connectivity index (χ0) is 19.3. The molecule has 2 aromatic rings. The minimum Gasteiger partial charge on any atom is -0.474 e. The van der Waals surface area contributed by atoms with E-state index in [-0.39, 0.29) is 24.5 Å². The van der Waals surface area contributed by atoms with Crippen molar-refractivity contribution in [3.05, 3.63) is 59.8 Å². The maximum absolute atomic E-state index is 12.8. The third-order valence-corrected chi connectivity index (χ3v) is 4.58. The molecule has 7 heteroatoms. The van der Waals surface area contributed by atoms with E-state index in [2.05, 4.69) is 10.3 Å². The van der Waals surface area contributed by atoms with Crippen molar-refractivity contribution in [1.82, 2.24) is 10.3 Å². The van der Waals surface area contributed by atoms with E-state index in [0.29, 0.717) is 11.4 Å². The molecule has 0 aliphatic heterocycles. The van der Waals surface area contributed by atoms with Crippen LogP contribution in [0.2, 0.25) is 0 Å². The number of hydrogen-bond donors (Lipinski definition) is 1. The molecule has 1 aliphatic carbocycles. The smallest absolute Gasteiger partial charge is 0.416 e. The number of carbonyl (C=O) groups is 1. The quantitative estimate of drug-likeness (QED) is 0.850. The lowest BCUT2D eigenvalue weighted by Gasteiger charge is -2.29. The second-order valence-electron chi connectivity index (χ2n) is 6.70. The average molecular weight is 378 g/mol. The van der Waals surface area contributed by atoms with Gasteiger partial charge in [0, 0.05) is 18.3 Å². The van der Waals surface area contributed by atoms with E-state index in [4.69, 9.17) is 4.74 Å². The number of hydrogen-bond acceptors (Lipinski definition) is 3. The van der Waals surface area contributed by atoms with Crippen molar-refractivity contribution >= 4 is 5.91 Å². The molecule has 3 rings (SSSR count). The Morgan fingerprint density at radius 2 is 1.89 bits per heavy atom. The summed E-state index contributed by atoms with van der Waals surface area (Å²) in [6.07, 6.45) is 0.409. The van der Waals surface area contributed by atoms with Crippen LogP contribution < -0.4 is 10.1 Å². The van der Waals surface area contributed by atoms with Gasteiger partial charge in [-0.3, -0.25) is 4.79 Å². The molecule has 1 aromatic carbocycles. The summed E-state index contributed by atoms with van der Waals surface area (Å²) in [7, 11) is 0. The Kier molecular flexibility index (Phi) is 5.98. The first-order valence-electron chi connectivity index (χ1n) is 8.93. The number of ether oxygens (including phenoxy) is 1. The highest BCUT2D eigenvalue weighted by Gasteiger charge is 2.30. The minimum absolute atomic E-state index is 0.0203. The molecule has 0 atom stereocenters. The van der Waals surface area contributed by atoms with Crippen molar-refractivity contribution < 1.29 is 22.7 Å². The van der Waals surface area contributed by atoms with Gasteiger partial charge in [0.05, 0.1) is 12.0 Å². The van der Waals surface area contributed by atoms with Crippen LogP contribution in [0.5, 0.6) is 5.88 Å². The molecule has 1 aromatic heterocycles. The normalized spacial score (nSPS) is 20.1. The third kappa shape index (κ3) is 5.70. The number of amides is 1. The average Bonchev–Trinajstić information content (AvgIpc) is 2.64. The Bertz CT molecular complexity index is 757. The Morgan fingerprint density at radius 3 is 2.56 bits per heavy atom. The third-order valence-electron chi connectivity index (χ3n) is 4.58. The maximum atomic E-state index is 12.8. The lowest BCUT2D eigenvalue weighted by atomic mass is 9.92. The maximum Gasteiger partial charge on any atom is 0.416 e. The largest absolute Gasteiger partial charge is 0.474 e. The lowest BCUT2D eigenvalue weighted by molar-refractivity contribution is -0.137. The molecule has 144 valence electrons. The first-order valence-corrected chi connectivity index (χ1v) is 8.93. The van der Waals surface area contributed by atoms with Crippen LogP contribution in [0.1, 0.15) is 36.8 Å². The number of aromatic nitrogens is 1. The predicted molar refractivity (Wildman–Crippen MR) is 94.2 cm³/mol. The monoisotopic (exact) mass is 378 g/mol. The summed E-state index contributed by atoms with van der Waals surface area (Å²) in [4.78, 5) is 16.3. The molecule has 0 radical (unpaired) electrons. The number of alkyl halides is 3. The summed E-state index contributed by atoms with van der Waals surface area (Å²) in [5, 5.41) is 2.92. The Balaban J connectivity index is 1.46. The number of rotatable bonds is 5. The van der Waals surface area contributed by atoms with Crippen LogP contribution in [0.25, 0.3) is 0 Å². The zero-order valence-corrected chi connectivity index (χ0v) is 14.7. The van der Waals surface area contributed by atoms with Crippen LogP contribution >= 0.6 is 0 Å². The summed E-state index contributed by atoms with van der Waals surface area (Å²) in [5.41, 5.74) is -0.380. The second kappa shape index (κ2) is 8.41. The molecule has 0 spiro atoms. The van der Waals surface area contributed by atoms with E-state index in [1.807, 2.05) is 18.2 Å². The van der Waals surface area contributed by atoms with E-state index in [9.17, 15) is 18.0 Å². The van der Waals surface area contributed by atoms with Gasteiger partial charge in [-0.05, 0) is 43.4 Å². The number of pyridine rings is 1. The SMILES string of the molecule is O=C(Cc1cccc(C(F)(F)F)c1)NC1CCC(Oc2ccccn2)CC1. The van der Waals surface area contributed by atoms with Crippen LogP contribution in [0.3, 0.4) is 0 Å². The standard InChI is InChI=1S/C20H21F3N2O2/c21-20(22,23)15-5-3-4-14(12-15)13-18(26)25-16-7-9-17(10-8-16)27-19-6-1-2-11-24-19/h1-6,11-12,16-17H,7-10,13H2,(H,25,26). The molecule has 0 unspecified atom stereocenters. The Hall–Kier alpha value is -2.57. The van der Waals surface area contributed by atoms with Crippen LogP contribution in [0, 0.1) is 0 Å². The van der Waals surface area contributed by atoms with Gasteiger partial charge in [-0.2, -0.15) is 13.2 Å². The molecule has 0 saturated heterocycles. The Labute approximate surface area is 155 Å². The molecule has 1 fully saturated rings. The van der Waals surface area contributed by atoms with Gasteiger partial charge in [-0.1, -0.05) is 24.3 Å². The summed E-state index contributed by atoms with van der Waals surface area (Å²) in [5.74, 6) is 0.331. The molecule has 4 nitrogen and oxygen atoms in total. The number of benzene rings is 1. The van der Waals surface area contributed by atoms with Gasteiger partial charge >= 0.3 is 6.18 Å². The second-order valence-corrected chi connectivity index (χ2v) is 6.70. The van der Waals surface area contributed by atoms with Gasteiger partial charge in [0.15, 0.2) is 0 Å². The van der Waals surface area contributed by atoms with E-state index in [1.165, 1.54) is 12.1 Å². The van der Waals surface area contributed by atoms with Crippen LogP contribution in [-0.4, -0.2) is 23.0 Å². The van der Waals surface area contributed by atoms with Crippen LogP contribution in [0.4, 0.5) is 13.2 Å². The van der Waals surface area contributed by atoms with E-state index in [0.717, 1.165) is 37.8 Å². The number of nitrogens with zero attached hydrogens (tertiary/aromatic N) is 1. The summed E-state index contributed by atoms with van der Waals surface area (Å²) in [6, 6.07) is 10.4. The fraction of sp³-hybridized carbons (Fsp3) is 0.400. The molecule has 1 N–H and O–H groups in total. The molecule has 1 aliphatic rings. The molecule has 1 saturated carbocycles. The van der Waals surface area contributed by atoms with Crippen molar-refractivity contribution in [3.8, 4) is 5.88 Å². The van der Waals surface area contributed by atoms with E-state index >= 15 is 0 Å². The summed E-state index contributed by atoms with van der Waals surface area (Å²) >= 11 is 0. The van der Waals surface area contributed by atoms with Crippen LogP contribution in [0.15, 0.2) is 48.7 Å². The molecule has 1 amide bonds. The van der Waals surface area contributed by atoms with Crippen molar-refractivity contribution in [2.24, 2.45) is 0 Å². The van der Waals surface area contributed by atoms with Gasteiger partial charge in [0.2, 0.25) is 11.8 Å². The fourth-order valence-corrected chi connectivity index (χ4v) is 3.23. The van der Waals surface area contributed by atoms with Gasteiger partial charge in [-0.15, -0.1) is 0 Å². The molecule has 1 heterocycles. The van der Waals surface area contributed by atoms with Crippen LogP contribution in [-0.2, 0) is 17.4 Å². The zero-order valence-electron chi connectivity index (χ0n) is 14.7. The Morgan fingerprint density at radius 1 is 1.11 bits per heavy atom. The van der Waals surface area contributed by atoms with Crippen molar-refractivity contribution in [1.29, 1.82) is 0 Å². The predicted octanol–water partition coefficient (Wildman–Crippen LogP) is 4.15. The van der Waals surface area contributed by atoms with Gasteiger partial charge in [-0.25, -0.2) is 4.98 Å². The topological polar surface area (TPSA) is 51.2 Å².